The third-order valence-corrected chi connectivity index (χ3v) is 4.81. The molecule has 0 radical (unpaired) electrons. The summed E-state index contributed by atoms with van der Waals surface area (Å²) in [5, 5.41) is 6.00. The van der Waals surface area contributed by atoms with Gasteiger partial charge in [-0.25, -0.2) is 4.98 Å². The summed E-state index contributed by atoms with van der Waals surface area (Å²) in [4.78, 5) is 21.2. The van der Waals surface area contributed by atoms with Crippen LogP contribution in [-0.4, -0.2) is 33.5 Å². The van der Waals surface area contributed by atoms with Gasteiger partial charge in [-0.1, -0.05) is 6.07 Å². The highest BCUT2D eigenvalue weighted by Crippen LogP contribution is 2.30. The van der Waals surface area contributed by atoms with Gasteiger partial charge in [-0.15, -0.1) is 0 Å². The van der Waals surface area contributed by atoms with Crippen molar-refractivity contribution in [3.8, 4) is 0 Å². The molecule has 0 aliphatic carbocycles. The Morgan fingerprint density at radius 1 is 1.29 bits per heavy atom. The van der Waals surface area contributed by atoms with Crippen LogP contribution < -0.4 is 10.6 Å². The lowest BCUT2D eigenvalue weighted by atomic mass is 10.1. The minimum atomic E-state index is -4.51. The molecule has 1 aliphatic heterocycles. The van der Waals surface area contributed by atoms with Gasteiger partial charge in [0.15, 0.2) is 0 Å². The average molecular weight is 389 g/mol. The lowest BCUT2D eigenvalue weighted by Crippen LogP contribution is -2.32. The van der Waals surface area contributed by atoms with E-state index >= 15 is 0 Å². The Balaban J connectivity index is 1.69. The first-order valence-electron chi connectivity index (χ1n) is 8.95. The quantitative estimate of drug-likeness (QED) is 0.718. The van der Waals surface area contributed by atoms with Crippen molar-refractivity contribution in [3.63, 3.8) is 0 Å². The second-order valence-electron chi connectivity index (χ2n) is 6.70. The number of hydrogen-bond acceptors (Lipinski definition) is 4. The van der Waals surface area contributed by atoms with Gasteiger partial charge in [-0.3, -0.25) is 15.1 Å². The molecule has 0 bridgehead atoms. The van der Waals surface area contributed by atoms with Gasteiger partial charge in [-0.05, 0) is 43.7 Å². The lowest BCUT2D eigenvalue weighted by Gasteiger charge is -2.26. The number of benzene rings is 1. The molecule has 1 fully saturated rings. The number of aromatic nitrogens is 3. The number of carbonyl (C=O) groups excluding carboxylic acids is 1. The number of rotatable bonds is 3. The smallest absolute Gasteiger partial charge is 0.315 e. The number of halogens is 3. The molecule has 2 N–H and O–H groups in total. The lowest BCUT2D eigenvalue weighted by molar-refractivity contribution is -0.137. The molecule has 6 nitrogen and oxygen atoms in total. The third kappa shape index (κ3) is 3.57. The Hall–Kier alpha value is -2.94. The number of nitrogens with zero attached hydrogens (tertiary/aromatic N) is 3. The summed E-state index contributed by atoms with van der Waals surface area (Å²) in [7, 11) is 0. The van der Waals surface area contributed by atoms with Crippen LogP contribution in [0.3, 0.4) is 0 Å². The molecule has 0 spiro atoms. The van der Waals surface area contributed by atoms with E-state index in [-0.39, 0.29) is 11.6 Å². The van der Waals surface area contributed by atoms with E-state index in [4.69, 9.17) is 0 Å². The zero-order valence-corrected chi connectivity index (χ0v) is 14.8. The zero-order chi connectivity index (χ0) is 19.7. The van der Waals surface area contributed by atoms with Crippen LogP contribution in [0.2, 0.25) is 0 Å². The van der Waals surface area contributed by atoms with Crippen LogP contribution in [0.1, 0.15) is 34.8 Å². The highest BCUT2D eigenvalue weighted by molar-refractivity contribution is 6.04. The summed E-state index contributed by atoms with van der Waals surface area (Å²) in [6.45, 7) is 1.64. The Morgan fingerprint density at radius 3 is 2.89 bits per heavy atom. The average Bonchev–Trinajstić information content (AvgIpc) is 3.06. The fraction of sp³-hybridized carbons (Fsp3) is 0.316. The molecule has 1 saturated heterocycles. The fourth-order valence-corrected chi connectivity index (χ4v) is 3.46. The van der Waals surface area contributed by atoms with E-state index in [1.807, 2.05) is 4.57 Å². The van der Waals surface area contributed by atoms with Gasteiger partial charge in [0.2, 0.25) is 5.95 Å². The van der Waals surface area contributed by atoms with E-state index < -0.39 is 17.6 Å². The summed E-state index contributed by atoms with van der Waals surface area (Å²) >= 11 is 0. The second-order valence-corrected chi connectivity index (χ2v) is 6.70. The maximum Gasteiger partial charge on any atom is 0.416 e. The van der Waals surface area contributed by atoms with Gasteiger partial charge in [0.1, 0.15) is 0 Å². The van der Waals surface area contributed by atoms with Crippen molar-refractivity contribution in [1.29, 1.82) is 0 Å². The minimum absolute atomic E-state index is 0.0692. The molecule has 1 aliphatic rings. The highest BCUT2D eigenvalue weighted by atomic mass is 19.4. The van der Waals surface area contributed by atoms with E-state index in [0.717, 1.165) is 37.0 Å². The monoisotopic (exact) mass is 389 g/mol. The predicted molar refractivity (Wildman–Crippen MR) is 98.1 cm³/mol. The number of alkyl halides is 3. The van der Waals surface area contributed by atoms with Gasteiger partial charge in [-0.2, -0.15) is 13.2 Å². The number of anilines is 1. The number of pyridine rings is 1. The predicted octanol–water partition coefficient (Wildman–Crippen LogP) is 3.63. The summed E-state index contributed by atoms with van der Waals surface area (Å²) in [6, 6.07) is 6.15. The Kier molecular flexibility index (Phi) is 4.76. The Morgan fingerprint density at radius 2 is 2.14 bits per heavy atom. The van der Waals surface area contributed by atoms with Crippen LogP contribution in [-0.2, 0) is 6.18 Å². The number of imidazole rings is 1. The van der Waals surface area contributed by atoms with Crippen molar-refractivity contribution in [2.24, 2.45) is 0 Å². The van der Waals surface area contributed by atoms with Crippen LogP contribution in [0.4, 0.5) is 19.1 Å². The van der Waals surface area contributed by atoms with Crippen LogP contribution in [0.25, 0.3) is 11.0 Å². The standard InChI is InChI=1S/C19H18F3N5O/c20-19(21,22)13-4-1-3-12(9-13)17(28)26-18-25-15-6-8-24-11-16(15)27(18)14-5-2-7-23-10-14/h1,3-4,6,8-9,11,14,23H,2,5,7,10H2,(H,25,26,28). The van der Waals surface area contributed by atoms with E-state index in [2.05, 4.69) is 20.6 Å². The topological polar surface area (TPSA) is 71.8 Å². The number of carbonyl (C=O) groups is 1. The van der Waals surface area contributed by atoms with Crippen LogP contribution >= 0.6 is 0 Å². The highest BCUT2D eigenvalue weighted by Gasteiger charge is 2.31. The molecule has 1 amide bonds. The molecule has 1 atom stereocenters. The molecule has 1 aromatic carbocycles. The maximum atomic E-state index is 12.9. The summed E-state index contributed by atoms with van der Waals surface area (Å²) < 4.78 is 40.7. The normalized spacial score (nSPS) is 17.6. The van der Waals surface area contributed by atoms with Crippen molar-refractivity contribution in [2.75, 3.05) is 18.4 Å². The summed E-state index contributed by atoms with van der Waals surface area (Å²) in [6.07, 6.45) is 0.655. The summed E-state index contributed by atoms with van der Waals surface area (Å²) in [5.74, 6) is -0.335. The third-order valence-electron chi connectivity index (χ3n) is 4.81. The van der Waals surface area contributed by atoms with E-state index in [1.54, 1.807) is 18.5 Å². The molecular weight excluding hydrogens is 371 g/mol. The number of nitrogens with one attached hydrogen (secondary N) is 2. The molecular formula is C19H18F3N5O. The minimum Gasteiger partial charge on any atom is -0.315 e. The molecule has 2 aromatic heterocycles. The first-order valence-corrected chi connectivity index (χ1v) is 8.95. The maximum absolute atomic E-state index is 12.9. The number of piperidine rings is 1. The zero-order valence-electron chi connectivity index (χ0n) is 14.8. The SMILES string of the molecule is O=C(Nc1nc2ccncc2n1C1CCCNC1)c1cccc(C(F)(F)F)c1. The van der Waals surface area contributed by atoms with Crippen molar-refractivity contribution in [2.45, 2.75) is 25.1 Å². The van der Waals surface area contributed by atoms with Crippen molar-refractivity contribution in [1.82, 2.24) is 19.9 Å². The van der Waals surface area contributed by atoms with Gasteiger partial charge in [0, 0.05) is 24.3 Å². The molecule has 0 saturated carbocycles. The summed E-state index contributed by atoms with van der Waals surface area (Å²) in [5.41, 5.74) is 0.498. The van der Waals surface area contributed by atoms with E-state index in [0.29, 0.717) is 18.0 Å². The van der Waals surface area contributed by atoms with E-state index in [9.17, 15) is 18.0 Å². The fourth-order valence-electron chi connectivity index (χ4n) is 3.46. The number of fused-ring (bicyclic) bond motifs is 1. The van der Waals surface area contributed by atoms with Gasteiger partial charge in [0.25, 0.3) is 5.91 Å². The van der Waals surface area contributed by atoms with Crippen LogP contribution in [0, 0.1) is 0 Å². The van der Waals surface area contributed by atoms with Gasteiger partial charge >= 0.3 is 6.18 Å². The molecule has 3 heterocycles. The van der Waals surface area contributed by atoms with Gasteiger partial charge < -0.3 is 9.88 Å². The second kappa shape index (κ2) is 7.23. The molecule has 1 unspecified atom stereocenters. The molecule has 9 heteroatoms. The van der Waals surface area contributed by atoms with Crippen molar-refractivity contribution >= 4 is 22.9 Å². The largest absolute Gasteiger partial charge is 0.416 e. The number of hydrogen-bond donors (Lipinski definition) is 2. The van der Waals surface area contributed by atoms with Gasteiger partial charge in [0.05, 0.1) is 22.8 Å². The first kappa shape index (κ1) is 18.4. The van der Waals surface area contributed by atoms with Crippen molar-refractivity contribution in [3.05, 3.63) is 53.9 Å². The first-order chi connectivity index (χ1) is 13.4. The Labute approximate surface area is 158 Å². The molecule has 3 aromatic rings. The van der Waals surface area contributed by atoms with Crippen LogP contribution in [0.15, 0.2) is 42.7 Å². The molecule has 4 rings (SSSR count). The van der Waals surface area contributed by atoms with E-state index in [1.165, 1.54) is 12.1 Å². The molecule has 28 heavy (non-hydrogen) atoms. The van der Waals surface area contributed by atoms with Crippen LogP contribution in [0.5, 0.6) is 0 Å². The number of amides is 1. The van der Waals surface area contributed by atoms with Crippen molar-refractivity contribution < 1.29 is 18.0 Å². The Bertz CT molecular complexity index is 1010. The molecule has 146 valence electrons.